The maximum atomic E-state index is 13.1. The van der Waals surface area contributed by atoms with Crippen molar-refractivity contribution < 1.29 is 18.3 Å². The van der Waals surface area contributed by atoms with Gasteiger partial charge in [-0.15, -0.1) is 0 Å². The number of benzene rings is 2. The van der Waals surface area contributed by atoms with Crippen molar-refractivity contribution in [1.29, 1.82) is 0 Å². The highest BCUT2D eigenvalue weighted by atomic mass is 79.9. The first-order chi connectivity index (χ1) is 10.1. The van der Waals surface area contributed by atoms with Crippen LogP contribution in [0.3, 0.4) is 0 Å². The van der Waals surface area contributed by atoms with Gasteiger partial charge in [-0.2, -0.15) is 0 Å². The van der Waals surface area contributed by atoms with E-state index in [0.717, 1.165) is 35.7 Å². The molecule has 21 heavy (non-hydrogen) atoms. The average molecular weight is 357 g/mol. The van der Waals surface area contributed by atoms with E-state index in [0.29, 0.717) is 5.75 Å². The molecule has 0 aromatic heterocycles. The van der Waals surface area contributed by atoms with Gasteiger partial charge in [-0.05, 0) is 37.6 Å². The van der Waals surface area contributed by atoms with E-state index in [1.165, 1.54) is 0 Å². The molecule has 1 unspecified atom stereocenters. The molecular formula is C16H15BrF2O2. The summed E-state index contributed by atoms with van der Waals surface area (Å²) in [4.78, 5) is 0. The van der Waals surface area contributed by atoms with Gasteiger partial charge in [0.15, 0.2) is 0 Å². The summed E-state index contributed by atoms with van der Waals surface area (Å²) in [5.41, 5.74) is 0. The predicted molar refractivity (Wildman–Crippen MR) is 81.4 cm³/mol. The van der Waals surface area contributed by atoms with Crippen LogP contribution >= 0.6 is 15.9 Å². The highest BCUT2D eigenvalue weighted by Crippen LogP contribution is 2.25. The largest absolute Gasteiger partial charge is 0.491 e. The quantitative estimate of drug-likeness (QED) is 0.653. The molecule has 0 saturated heterocycles. The molecule has 2 aromatic carbocycles. The third-order valence-electron chi connectivity index (χ3n) is 2.75. The lowest BCUT2D eigenvalue weighted by Crippen LogP contribution is -2.11. The van der Waals surface area contributed by atoms with Crippen LogP contribution in [0.1, 0.15) is 13.3 Å². The van der Waals surface area contributed by atoms with E-state index in [4.69, 9.17) is 9.47 Å². The van der Waals surface area contributed by atoms with Crippen molar-refractivity contribution in [3.8, 4) is 17.2 Å². The molecule has 112 valence electrons. The fraction of sp³-hybridized carbons (Fsp3) is 0.250. The van der Waals surface area contributed by atoms with Crippen LogP contribution in [0.25, 0.3) is 0 Å². The Kier molecular flexibility index (Phi) is 5.56. The van der Waals surface area contributed by atoms with Gasteiger partial charge in [0.25, 0.3) is 0 Å². The normalized spacial score (nSPS) is 12.0. The highest BCUT2D eigenvalue weighted by Gasteiger charge is 2.05. The van der Waals surface area contributed by atoms with Crippen molar-refractivity contribution in [1.82, 2.24) is 0 Å². The zero-order valence-electron chi connectivity index (χ0n) is 11.5. The van der Waals surface area contributed by atoms with Gasteiger partial charge in [0, 0.05) is 23.5 Å². The van der Waals surface area contributed by atoms with Gasteiger partial charge in [0.05, 0.1) is 6.10 Å². The summed E-state index contributed by atoms with van der Waals surface area (Å²) in [5, 5.41) is 0.875. The Hall–Kier alpha value is -1.62. The van der Waals surface area contributed by atoms with E-state index < -0.39 is 11.6 Å². The number of alkyl halides is 1. The zero-order valence-corrected chi connectivity index (χ0v) is 13.1. The summed E-state index contributed by atoms with van der Waals surface area (Å²) in [6.07, 6.45) is 1.01. The fourth-order valence-corrected chi connectivity index (χ4v) is 2.40. The molecule has 2 rings (SSSR count). The minimum atomic E-state index is -0.673. The van der Waals surface area contributed by atoms with Crippen molar-refractivity contribution in [2.75, 3.05) is 5.33 Å². The summed E-state index contributed by atoms with van der Waals surface area (Å²) in [7, 11) is 0. The molecule has 2 aromatic rings. The van der Waals surface area contributed by atoms with Crippen LogP contribution in [-0.4, -0.2) is 11.4 Å². The molecule has 0 radical (unpaired) electrons. The highest BCUT2D eigenvalue weighted by molar-refractivity contribution is 9.09. The van der Waals surface area contributed by atoms with Gasteiger partial charge in [-0.25, -0.2) is 8.78 Å². The van der Waals surface area contributed by atoms with Crippen molar-refractivity contribution in [2.45, 2.75) is 19.4 Å². The second-order valence-corrected chi connectivity index (χ2v) is 5.38. The number of ether oxygens (including phenoxy) is 2. The second-order valence-electron chi connectivity index (χ2n) is 4.58. The second kappa shape index (κ2) is 7.41. The number of halogens is 3. The molecule has 5 heteroatoms. The minimum absolute atomic E-state index is 0.105. The monoisotopic (exact) mass is 356 g/mol. The van der Waals surface area contributed by atoms with Gasteiger partial charge in [0.2, 0.25) is 0 Å². The Bertz CT molecular complexity index is 567. The van der Waals surface area contributed by atoms with Crippen LogP contribution in [0.4, 0.5) is 8.78 Å². The van der Waals surface area contributed by atoms with Crippen molar-refractivity contribution in [3.63, 3.8) is 0 Å². The lowest BCUT2D eigenvalue weighted by atomic mass is 10.3. The zero-order chi connectivity index (χ0) is 15.2. The topological polar surface area (TPSA) is 18.5 Å². The van der Waals surface area contributed by atoms with Gasteiger partial charge >= 0.3 is 0 Å². The molecule has 0 amide bonds. The molecular weight excluding hydrogens is 342 g/mol. The van der Waals surface area contributed by atoms with Crippen LogP contribution < -0.4 is 9.47 Å². The molecule has 0 aliphatic rings. The molecule has 0 aliphatic carbocycles. The molecule has 0 N–H and O–H groups in total. The summed E-state index contributed by atoms with van der Waals surface area (Å²) < 4.78 is 37.2. The van der Waals surface area contributed by atoms with Crippen molar-refractivity contribution in [3.05, 3.63) is 54.1 Å². The first-order valence-corrected chi connectivity index (χ1v) is 7.65. The third kappa shape index (κ3) is 5.01. The standard InChI is InChI=1S/C16H15BrF2O2/c1-11(6-7-17)20-14-2-4-15(5-3-14)21-16-9-12(18)8-13(19)10-16/h2-5,8-11H,6-7H2,1H3. The van der Waals surface area contributed by atoms with Crippen LogP contribution in [0, 0.1) is 11.6 Å². The van der Waals surface area contributed by atoms with Crippen LogP contribution in [-0.2, 0) is 0 Å². The number of hydrogen-bond donors (Lipinski definition) is 0. The molecule has 2 nitrogen and oxygen atoms in total. The molecule has 0 bridgehead atoms. The first-order valence-electron chi connectivity index (χ1n) is 6.53. The van der Waals surface area contributed by atoms with E-state index in [1.807, 2.05) is 6.92 Å². The SMILES string of the molecule is CC(CCBr)Oc1ccc(Oc2cc(F)cc(F)c2)cc1. The molecule has 0 saturated carbocycles. The summed E-state index contributed by atoms with van der Waals surface area (Å²) in [5.74, 6) is -0.0161. The van der Waals surface area contributed by atoms with E-state index in [2.05, 4.69) is 15.9 Å². The third-order valence-corrected chi connectivity index (χ3v) is 3.21. The molecule has 0 fully saturated rings. The molecule has 0 aliphatic heterocycles. The van der Waals surface area contributed by atoms with Crippen molar-refractivity contribution in [2.24, 2.45) is 0 Å². The van der Waals surface area contributed by atoms with E-state index in [1.54, 1.807) is 24.3 Å². The number of rotatable bonds is 6. The maximum absolute atomic E-state index is 13.1. The predicted octanol–water partition coefficient (Wildman–Crippen LogP) is 5.31. The summed E-state index contributed by atoms with van der Waals surface area (Å²) >= 11 is 3.36. The minimum Gasteiger partial charge on any atom is -0.491 e. The summed E-state index contributed by atoms with van der Waals surface area (Å²) in [6, 6.07) is 9.97. The Morgan fingerprint density at radius 1 is 0.952 bits per heavy atom. The lowest BCUT2D eigenvalue weighted by molar-refractivity contribution is 0.219. The molecule has 0 spiro atoms. The molecule has 0 heterocycles. The van der Waals surface area contributed by atoms with Crippen LogP contribution in [0.2, 0.25) is 0 Å². The van der Waals surface area contributed by atoms with E-state index in [9.17, 15) is 8.78 Å². The Morgan fingerprint density at radius 3 is 2.10 bits per heavy atom. The van der Waals surface area contributed by atoms with Gasteiger partial charge in [0.1, 0.15) is 28.9 Å². The van der Waals surface area contributed by atoms with Gasteiger partial charge in [-0.1, -0.05) is 15.9 Å². The first kappa shape index (κ1) is 15.8. The lowest BCUT2D eigenvalue weighted by Gasteiger charge is -2.13. The Labute approximate surface area is 130 Å². The molecule has 1 atom stereocenters. The number of hydrogen-bond acceptors (Lipinski definition) is 2. The van der Waals surface area contributed by atoms with E-state index >= 15 is 0 Å². The Morgan fingerprint density at radius 2 is 1.52 bits per heavy atom. The van der Waals surface area contributed by atoms with E-state index in [-0.39, 0.29) is 11.9 Å². The van der Waals surface area contributed by atoms with Gasteiger partial charge < -0.3 is 9.47 Å². The smallest absolute Gasteiger partial charge is 0.133 e. The van der Waals surface area contributed by atoms with Crippen LogP contribution in [0.5, 0.6) is 17.2 Å². The average Bonchev–Trinajstić information content (AvgIpc) is 2.40. The van der Waals surface area contributed by atoms with Gasteiger partial charge in [-0.3, -0.25) is 0 Å². The van der Waals surface area contributed by atoms with Crippen LogP contribution in [0.15, 0.2) is 42.5 Å². The van der Waals surface area contributed by atoms with Crippen molar-refractivity contribution >= 4 is 15.9 Å². The summed E-state index contributed by atoms with van der Waals surface area (Å²) in [6.45, 7) is 1.99. The fourth-order valence-electron chi connectivity index (χ4n) is 1.75. The maximum Gasteiger partial charge on any atom is 0.133 e. The Balaban J connectivity index is 2.02.